The molecule has 0 saturated heterocycles. The summed E-state index contributed by atoms with van der Waals surface area (Å²) in [6, 6.07) is 5.76. The molecule has 3 aromatic rings. The van der Waals surface area contributed by atoms with Gasteiger partial charge in [-0.3, -0.25) is 4.98 Å². The van der Waals surface area contributed by atoms with Crippen molar-refractivity contribution >= 4 is 23.7 Å². The van der Waals surface area contributed by atoms with E-state index in [4.69, 9.17) is 0 Å². The van der Waals surface area contributed by atoms with Crippen LogP contribution >= 0.6 is 12.6 Å². The largest absolute Gasteiger partial charge is 0.340 e. The molecule has 0 spiro atoms. The van der Waals surface area contributed by atoms with Crippen molar-refractivity contribution in [1.82, 2.24) is 15.0 Å². The Kier molecular flexibility index (Phi) is 3.88. The molecule has 0 aliphatic rings. The van der Waals surface area contributed by atoms with Crippen LogP contribution in [0.5, 0.6) is 0 Å². The molecule has 6 heteroatoms. The maximum atomic E-state index is 13.3. The third kappa shape index (κ3) is 2.90. The lowest BCUT2D eigenvalue weighted by molar-refractivity contribution is 0.506. The number of H-pyrrole nitrogens is 1. The second-order valence-corrected chi connectivity index (χ2v) is 5.21. The van der Waals surface area contributed by atoms with Crippen LogP contribution in [0, 0.1) is 11.6 Å². The first kappa shape index (κ1) is 14.0. The van der Waals surface area contributed by atoms with Crippen molar-refractivity contribution < 1.29 is 8.78 Å². The predicted molar refractivity (Wildman–Crippen MR) is 80.5 cm³/mol. The molecule has 21 heavy (non-hydrogen) atoms. The normalized spacial score (nSPS) is 12.7. The van der Waals surface area contributed by atoms with Gasteiger partial charge in [0.1, 0.15) is 5.82 Å². The summed E-state index contributed by atoms with van der Waals surface area (Å²) in [4.78, 5) is 11.7. The van der Waals surface area contributed by atoms with Crippen LogP contribution in [0.2, 0.25) is 0 Å². The van der Waals surface area contributed by atoms with E-state index in [1.807, 2.05) is 6.07 Å². The zero-order valence-electron chi connectivity index (χ0n) is 11.1. The van der Waals surface area contributed by atoms with Gasteiger partial charge in [-0.15, -0.1) is 0 Å². The first-order valence-corrected chi connectivity index (χ1v) is 7.15. The number of thiol groups is 1. The van der Waals surface area contributed by atoms with Crippen LogP contribution in [0.3, 0.4) is 0 Å². The number of nitrogens with zero attached hydrogens (tertiary/aromatic N) is 2. The quantitative estimate of drug-likeness (QED) is 0.725. The minimum Gasteiger partial charge on any atom is -0.340 e. The molecule has 0 aliphatic carbocycles. The van der Waals surface area contributed by atoms with Gasteiger partial charge in [-0.05, 0) is 30.2 Å². The summed E-state index contributed by atoms with van der Waals surface area (Å²) in [6.45, 7) is 0. The molecule has 0 unspecified atom stereocenters. The number of imidazole rings is 1. The van der Waals surface area contributed by atoms with Gasteiger partial charge in [0.15, 0.2) is 11.6 Å². The first-order chi connectivity index (χ1) is 10.2. The number of halogens is 2. The van der Waals surface area contributed by atoms with Gasteiger partial charge in [0.05, 0.1) is 17.2 Å². The summed E-state index contributed by atoms with van der Waals surface area (Å²) in [5.41, 5.74) is 2.40. The fourth-order valence-corrected chi connectivity index (χ4v) is 2.57. The van der Waals surface area contributed by atoms with Crippen molar-refractivity contribution in [2.45, 2.75) is 12.3 Å². The number of aromatic amines is 1. The van der Waals surface area contributed by atoms with E-state index in [-0.39, 0.29) is 5.92 Å². The summed E-state index contributed by atoms with van der Waals surface area (Å²) >= 11 is 4.34. The van der Waals surface area contributed by atoms with Crippen molar-refractivity contribution in [3.05, 3.63) is 59.7 Å². The van der Waals surface area contributed by atoms with Crippen molar-refractivity contribution in [2.75, 3.05) is 5.75 Å². The Hall–Kier alpha value is -1.95. The summed E-state index contributed by atoms with van der Waals surface area (Å²) in [5.74, 6) is -0.356. The topological polar surface area (TPSA) is 41.6 Å². The lowest BCUT2D eigenvalue weighted by Crippen LogP contribution is -2.07. The fourth-order valence-electron chi connectivity index (χ4n) is 2.27. The Morgan fingerprint density at radius 1 is 1.19 bits per heavy atom. The molecule has 1 aromatic carbocycles. The van der Waals surface area contributed by atoms with Crippen molar-refractivity contribution in [3.8, 4) is 0 Å². The molecule has 0 radical (unpaired) electrons. The number of aromatic nitrogens is 3. The van der Waals surface area contributed by atoms with E-state index in [0.717, 1.165) is 22.9 Å². The van der Waals surface area contributed by atoms with Crippen LogP contribution in [0.25, 0.3) is 11.0 Å². The molecule has 1 atom stereocenters. The van der Waals surface area contributed by atoms with E-state index in [1.165, 1.54) is 6.07 Å². The van der Waals surface area contributed by atoms with Crippen LogP contribution in [0.15, 0.2) is 36.7 Å². The molecular formula is C15H13F2N3S. The maximum absolute atomic E-state index is 13.3. The molecule has 0 aliphatic heterocycles. The fraction of sp³-hybridized carbons (Fsp3) is 0.200. The smallest absolute Gasteiger partial charge is 0.159 e. The van der Waals surface area contributed by atoms with Gasteiger partial charge in [0, 0.05) is 17.9 Å². The Labute approximate surface area is 125 Å². The molecule has 0 bridgehead atoms. The van der Waals surface area contributed by atoms with E-state index in [2.05, 4.69) is 27.6 Å². The van der Waals surface area contributed by atoms with Crippen LogP contribution in [0.4, 0.5) is 8.78 Å². The van der Waals surface area contributed by atoms with Gasteiger partial charge in [-0.25, -0.2) is 13.8 Å². The standard InChI is InChI=1S/C15H13F2N3S/c16-11-2-1-9(6-12(11)17)5-10(8-21)15-19-13-3-4-18-7-14(13)20-15/h1-4,6-7,10,21H,5,8H2,(H,19,20)/t10-/m1/s1. The monoisotopic (exact) mass is 305 g/mol. The molecule has 3 nitrogen and oxygen atoms in total. The minimum absolute atomic E-state index is 0.00871. The average molecular weight is 305 g/mol. The summed E-state index contributed by atoms with van der Waals surface area (Å²) in [6.07, 6.45) is 3.92. The molecule has 0 fully saturated rings. The van der Waals surface area contributed by atoms with E-state index < -0.39 is 11.6 Å². The van der Waals surface area contributed by atoms with E-state index in [1.54, 1.807) is 18.5 Å². The summed E-state index contributed by atoms with van der Waals surface area (Å²) in [5, 5.41) is 0. The molecule has 0 saturated carbocycles. The number of rotatable bonds is 4. The average Bonchev–Trinajstić information content (AvgIpc) is 2.92. The lowest BCUT2D eigenvalue weighted by Gasteiger charge is -2.12. The van der Waals surface area contributed by atoms with Gasteiger partial charge in [0.2, 0.25) is 0 Å². The van der Waals surface area contributed by atoms with E-state index in [0.29, 0.717) is 17.7 Å². The number of hydrogen-bond donors (Lipinski definition) is 2. The second-order valence-electron chi connectivity index (χ2n) is 4.85. The highest BCUT2D eigenvalue weighted by atomic mass is 32.1. The summed E-state index contributed by atoms with van der Waals surface area (Å²) < 4.78 is 26.2. The highest BCUT2D eigenvalue weighted by Crippen LogP contribution is 2.23. The zero-order valence-corrected chi connectivity index (χ0v) is 11.9. The van der Waals surface area contributed by atoms with Crippen molar-refractivity contribution in [3.63, 3.8) is 0 Å². The van der Waals surface area contributed by atoms with Gasteiger partial charge in [0.25, 0.3) is 0 Å². The van der Waals surface area contributed by atoms with Crippen LogP contribution in [-0.2, 0) is 6.42 Å². The molecule has 0 amide bonds. The molecule has 1 N–H and O–H groups in total. The predicted octanol–water partition coefficient (Wildman–Crippen LogP) is 3.49. The van der Waals surface area contributed by atoms with E-state index >= 15 is 0 Å². The van der Waals surface area contributed by atoms with Crippen LogP contribution in [0.1, 0.15) is 17.3 Å². The van der Waals surface area contributed by atoms with Gasteiger partial charge in [-0.1, -0.05) is 6.07 Å². The Morgan fingerprint density at radius 3 is 2.76 bits per heavy atom. The SMILES string of the molecule is Fc1ccc(C[C@H](CS)c2nc3ccncc3[nH]2)cc1F. The molecule has 2 aromatic heterocycles. The Bertz CT molecular complexity index is 739. The van der Waals surface area contributed by atoms with Gasteiger partial charge in [-0.2, -0.15) is 12.6 Å². The molecule has 108 valence electrons. The number of benzene rings is 1. The number of nitrogens with one attached hydrogen (secondary N) is 1. The van der Waals surface area contributed by atoms with Gasteiger partial charge >= 0.3 is 0 Å². The minimum atomic E-state index is -0.837. The first-order valence-electron chi connectivity index (χ1n) is 6.52. The number of hydrogen-bond acceptors (Lipinski definition) is 3. The molecule has 2 heterocycles. The molecular weight excluding hydrogens is 292 g/mol. The third-order valence-electron chi connectivity index (χ3n) is 3.37. The number of pyridine rings is 1. The zero-order chi connectivity index (χ0) is 14.8. The van der Waals surface area contributed by atoms with Crippen molar-refractivity contribution in [1.29, 1.82) is 0 Å². The maximum Gasteiger partial charge on any atom is 0.159 e. The molecule has 3 rings (SSSR count). The van der Waals surface area contributed by atoms with Crippen LogP contribution in [-0.4, -0.2) is 20.7 Å². The Balaban J connectivity index is 1.88. The Morgan fingerprint density at radius 2 is 2.05 bits per heavy atom. The third-order valence-corrected chi connectivity index (χ3v) is 3.82. The van der Waals surface area contributed by atoms with Crippen molar-refractivity contribution in [2.24, 2.45) is 0 Å². The highest BCUT2D eigenvalue weighted by molar-refractivity contribution is 7.80. The number of fused-ring (bicyclic) bond motifs is 1. The second kappa shape index (κ2) is 5.81. The summed E-state index contributed by atoms with van der Waals surface area (Å²) in [7, 11) is 0. The van der Waals surface area contributed by atoms with Crippen LogP contribution < -0.4 is 0 Å². The van der Waals surface area contributed by atoms with Gasteiger partial charge < -0.3 is 4.98 Å². The highest BCUT2D eigenvalue weighted by Gasteiger charge is 2.16. The van der Waals surface area contributed by atoms with E-state index in [9.17, 15) is 8.78 Å². The lowest BCUT2D eigenvalue weighted by atomic mass is 10.0.